The van der Waals surface area contributed by atoms with Gasteiger partial charge in [-0.3, -0.25) is 0 Å². The molecule has 0 saturated carbocycles. The van der Waals surface area contributed by atoms with E-state index in [9.17, 15) is 5.11 Å². The first-order chi connectivity index (χ1) is 16.1. The van der Waals surface area contributed by atoms with Crippen molar-refractivity contribution in [3.8, 4) is 33.4 Å². The van der Waals surface area contributed by atoms with Gasteiger partial charge in [0, 0.05) is 15.6 Å². The lowest BCUT2D eigenvalue weighted by Gasteiger charge is -2.27. The summed E-state index contributed by atoms with van der Waals surface area (Å²) in [5.41, 5.74) is 8.10. The summed E-state index contributed by atoms with van der Waals surface area (Å²) in [5.74, 6) is 0. The minimum absolute atomic E-state index is 0.862. The van der Waals surface area contributed by atoms with Gasteiger partial charge in [0.1, 0.15) is 5.60 Å². The molecular formula is C31H21BrO. The molecule has 0 aliphatic heterocycles. The topological polar surface area (TPSA) is 20.2 Å². The molecular weight excluding hydrogens is 468 g/mol. The SMILES string of the molecule is OC1(c2ccc(Br)cc2)c2cc(-c3ccccc3)ccc2-c2ccc(-c3ccccc3)cc21. The largest absolute Gasteiger partial charge is 0.376 e. The van der Waals surface area contributed by atoms with Gasteiger partial charge in [0.2, 0.25) is 0 Å². The van der Waals surface area contributed by atoms with Gasteiger partial charge in [-0.15, -0.1) is 0 Å². The minimum atomic E-state index is -1.24. The lowest BCUT2D eigenvalue weighted by atomic mass is 9.82. The van der Waals surface area contributed by atoms with Crippen LogP contribution in [0.15, 0.2) is 126 Å². The van der Waals surface area contributed by atoms with Crippen molar-refractivity contribution >= 4 is 15.9 Å². The molecule has 0 fully saturated rings. The van der Waals surface area contributed by atoms with Gasteiger partial charge in [-0.1, -0.05) is 113 Å². The van der Waals surface area contributed by atoms with Crippen LogP contribution in [-0.2, 0) is 5.60 Å². The van der Waals surface area contributed by atoms with Crippen LogP contribution in [0.25, 0.3) is 33.4 Å². The van der Waals surface area contributed by atoms with Crippen molar-refractivity contribution in [3.05, 3.63) is 142 Å². The van der Waals surface area contributed by atoms with Crippen LogP contribution in [0.2, 0.25) is 0 Å². The van der Waals surface area contributed by atoms with E-state index < -0.39 is 5.60 Å². The van der Waals surface area contributed by atoms with E-state index in [0.29, 0.717) is 0 Å². The van der Waals surface area contributed by atoms with Crippen molar-refractivity contribution in [1.29, 1.82) is 0 Å². The highest BCUT2D eigenvalue weighted by Gasteiger charge is 2.43. The lowest BCUT2D eigenvalue weighted by Crippen LogP contribution is -2.26. The third-order valence-electron chi connectivity index (χ3n) is 6.59. The Kier molecular flexibility index (Phi) is 4.79. The number of fused-ring (bicyclic) bond motifs is 3. The van der Waals surface area contributed by atoms with E-state index in [1.54, 1.807) is 0 Å². The Morgan fingerprint density at radius 2 is 0.939 bits per heavy atom. The van der Waals surface area contributed by atoms with Crippen molar-refractivity contribution < 1.29 is 5.11 Å². The molecule has 0 unspecified atom stereocenters. The zero-order valence-electron chi connectivity index (χ0n) is 17.9. The maximum atomic E-state index is 12.5. The molecule has 0 bridgehead atoms. The van der Waals surface area contributed by atoms with Crippen LogP contribution < -0.4 is 0 Å². The average molecular weight is 489 g/mol. The zero-order valence-corrected chi connectivity index (χ0v) is 19.5. The second kappa shape index (κ2) is 7.84. The molecule has 1 nitrogen and oxygen atoms in total. The maximum Gasteiger partial charge on any atom is 0.141 e. The van der Waals surface area contributed by atoms with Gasteiger partial charge in [0.25, 0.3) is 0 Å². The van der Waals surface area contributed by atoms with E-state index >= 15 is 0 Å². The minimum Gasteiger partial charge on any atom is -0.376 e. The molecule has 0 radical (unpaired) electrons. The van der Waals surface area contributed by atoms with Gasteiger partial charge in [0.05, 0.1) is 0 Å². The summed E-state index contributed by atoms with van der Waals surface area (Å²) in [6.45, 7) is 0. The molecule has 1 aliphatic carbocycles. The Morgan fingerprint density at radius 1 is 0.485 bits per heavy atom. The predicted molar refractivity (Wildman–Crippen MR) is 139 cm³/mol. The van der Waals surface area contributed by atoms with Gasteiger partial charge in [-0.25, -0.2) is 0 Å². The van der Waals surface area contributed by atoms with E-state index in [-0.39, 0.29) is 0 Å². The molecule has 33 heavy (non-hydrogen) atoms. The first-order valence-electron chi connectivity index (χ1n) is 11.0. The number of hydrogen-bond donors (Lipinski definition) is 1. The molecule has 2 heteroatoms. The third-order valence-corrected chi connectivity index (χ3v) is 7.11. The normalized spacial score (nSPS) is 13.4. The Balaban J connectivity index is 1.61. The second-order valence-corrected chi connectivity index (χ2v) is 9.39. The summed E-state index contributed by atoms with van der Waals surface area (Å²) >= 11 is 3.54. The predicted octanol–water partition coefficient (Wildman–Crippen LogP) is 8.05. The molecule has 0 atom stereocenters. The van der Waals surface area contributed by atoms with Crippen LogP contribution >= 0.6 is 15.9 Å². The molecule has 5 aromatic carbocycles. The highest BCUT2D eigenvalue weighted by atomic mass is 79.9. The average Bonchev–Trinajstić information content (AvgIpc) is 3.14. The molecule has 0 aromatic heterocycles. The first-order valence-corrected chi connectivity index (χ1v) is 11.8. The van der Waals surface area contributed by atoms with Crippen molar-refractivity contribution in [2.45, 2.75) is 5.60 Å². The van der Waals surface area contributed by atoms with Crippen molar-refractivity contribution in [3.63, 3.8) is 0 Å². The summed E-state index contributed by atoms with van der Waals surface area (Å²) < 4.78 is 0.990. The van der Waals surface area contributed by atoms with E-state index in [1.165, 1.54) is 0 Å². The van der Waals surface area contributed by atoms with Gasteiger partial charge in [-0.05, 0) is 63.2 Å². The van der Waals surface area contributed by atoms with Crippen LogP contribution in [0.5, 0.6) is 0 Å². The lowest BCUT2D eigenvalue weighted by molar-refractivity contribution is 0.131. The molecule has 0 spiro atoms. The Bertz CT molecular complexity index is 1370. The monoisotopic (exact) mass is 488 g/mol. The molecule has 0 heterocycles. The summed E-state index contributed by atoms with van der Waals surface area (Å²) in [5, 5.41) is 12.5. The van der Waals surface area contributed by atoms with Crippen molar-refractivity contribution in [1.82, 2.24) is 0 Å². The first kappa shape index (κ1) is 20.2. The molecule has 6 rings (SSSR count). The summed E-state index contributed by atoms with van der Waals surface area (Å²) in [6.07, 6.45) is 0. The quantitative estimate of drug-likeness (QED) is 0.272. The van der Waals surface area contributed by atoms with Crippen LogP contribution in [0.4, 0.5) is 0 Å². The number of benzene rings is 5. The smallest absolute Gasteiger partial charge is 0.141 e. The van der Waals surface area contributed by atoms with Gasteiger partial charge in [-0.2, -0.15) is 0 Å². The number of halogens is 1. The Morgan fingerprint density at radius 3 is 1.39 bits per heavy atom. The summed E-state index contributed by atoms with van der Waals surface area (Å²) in [4.78, 5) is 0. The van der Waals surface area contributed by atoms with Crippen molar-refractivity contribution in [2.24, 2.45) is 0 Å². The second-order valence-electron chi connectivity index (χ2n) is 8.47. The fourth-order valence-corrected chi connectivity index (χ4v) is 5.19. The fraction of sp³-hybridized carbons (Fsp3) is 0.0323. The standard InChI is InChI=1S/C31H21BrO/c32-26-15-13-25(14-16-26)31(33)29-19-23(21-7-3-1-4-8-21)11-17-27(29)28-18-12-24(20-30(28)31)22-9-5-2-6-10-22/h1-20,33H. The molecule has 1 aliphatic rings. The van der Waals surface area contributed by atoms with E-state index in [2.05, 4.69) is 76.6 Å². The number of aliphatic hydroxyl groups is 1. The molecule has 0 saturated heterocycles. The van der Waals surface area contributed by atoms with Crippen LogP contribution in [-0.4, -0.2) is 5.11 Å². The van der Waals surface area contributed by atoms with Crippen LogP contribution in [0.3, 0.4) is 0 Å². The molecule has 0 amide bonds. The zero-order chi connectivity index (χ0) is 22.4. The highest BCUT2D eigenvalue weighted by molar-refractivity contribution is 9.10. The van der Waals surface area contributed by atoms with E-state index in [1.807, 2.05) is 60.7 Å². The van der Waals surface area contributed by atoms with Crippen LogP contribution in [0.1, 0.15) is 16.7 Å². The molecule has 5 aromatic rings. The molecule has 1 N–H and O–H groups in total. The third kappa shape index (κ3) is 3.26. The van der Waals surface area contributed by atoms with E-state index in [0.717, 1.165) is 54.5 Å². The number of rotatable bonds is 3. The van der Waals surface area contributed by atoms with Crippen molar-refractivity contribution in [2.75, 3.05) is 0 Å². The molecule has 158 valence electrons. The Hall–Kier alpha value is -3.46. The Labute approximate surface area is 202 Å². The fourth-order valence-electron chi connectivity index (χ4n) is 4.92. The summed E-state index contributed by atoms with van der Waals surface area (Å²) in [6, 6.07) is 41.6. The van der Waals surface area contributed by atoms with E-state index in [4.69, 9.17) is 0 Å². The summed E-state index contributed by atoms with van der Waals surface area (Å²) in [7, 11) is 0. The number of hydrogen-bond acceptors (Lipinski definition) is 1. The van der Waals surface area contributed by atoms with Gasteiger partial charge in [0.15, 0.2) is 0 Å². The highest BCUT2D eigenvalue weighted by Crippen LogP contribution is 2.52. The van der Waals surface area contributed by atoms with Gasteiger partial charge < -0.3 is 5.11 Å². The van der Waals surface area contributed by atoms with Crippen LogP contribution in [0, 0.1) is 0 Å². The maximum absolute atomic E-state index is 12.5. The van der Waals surface area contributed by atoms with Gasteiger partial charge >= 0.3 is 0 Å².